The Bertz CT molecular complexity index is 960. The second-order valence-electron chi connectivity index (χ2n) is 6.80. The van der Waals surface area contributed by atoms with Gasteiger partial charge in [0.1, 0.15) is 5.82 Å². The molecular weight excluding hydrogens is 356 g/mol. The van der Waals surface area contributed by atoms with Crippen molar-refractivity contribution in [2.45, 2.75) is 32.6 Å². The smallest absolute Gasteiger partial charge is 0.252 e. The van der Waals surface area contributed by atoms with Crippen LogP contribution in [0.3, 0.4) is 0 Å². The standard InChI is InChI=1S/C20H24N6O2/c1-13(2)14-10-19(26-23-12-14)25-18-6-5-16-17(24-18)9-15(11-22-16)20(28)21-7-3-4-8-27/h5-6,9-13,27H,3-4,7-8H2,1-2H3,(H,21,28)(H,24,25,26). The van der Waals surface area contributed by atoms with E-state index in [-0.39, 0.29) is 12.5 Å². The minimum atomic E-state index is -0.206. The third-order valence-corrected chi connectivity index (χ3v) is 4.27. The first kappa shape index (κ1) is 19.6. The van der Waals surface area contributed by atoms with Crippen LogP contribution in [0.5, 0.6) is 0 Å². The first-order chi connectivity index (χ1) is 13.6. The van der Waals surface area contributed by atoms with E-state index in [1.165, 1.54) is 6.20 Å². The van der Waals surface area contributed by atoms with E-state index in [9.17, 15) is 4.79 Å². The molecule has 0 aliphatic carbocycles. The summed E-state index contributed by atoms with van der Waals surface area (Å²) in [4.78, 5) is 21.1. The number of unbranched alkanes of at least 4 members (excludes halogenated alkanes) is 1. The number of carbonyl (C=O) groups excluding carboxylic acids is 1. The number of carbonyl (C=O) groups is 1. The highest BCUT2D eigenvalue weighted by Crippen LogP contribution is 2.20. The first-order valence-corrected chi connectivity index (χ1v) is 9.32. The monoisotopic (exact) mass is 380 g/mol. The van der Waals surface area contributed by atoms with Crippen LogP contribution in [-0.4, -0.2) is 44.3 Å². The Morgan fingerprint density at radius 1 is 1.11 bits per heavy atom. The molecule has 8 heteroatoms. The van der Waals surface area contributed by atoms with Crippen molar-refractivity contribution < 1.29 is 9.90 Å². The van der Waals surface area contributed by atoms with Gasteiger partial charge in [-0.1, -0.05) is 13.8 Å². The molecular formula is C20H24N6O2. The lowest BCUT2D eigenvalue weighted by molar-refractivity contribution is 0.0952. The Kier molecular flexibility index (Phi) is 6.44. The Morgan fingerprint density at radius 2 is 1.96 bits per heavy atom. The number of hydrogen-bond acceptors (Lipinski definition) is 7. The van der Waals surface area contributed by atoms with Gasteiger partial charge in [-0.05, 0) is 48.6 Å². The lowest BCUT2D eigenvalue weighted by atomic mass is 10.1. The van der Waals surface area contributed by atoms with Crippen molar-refractivity contribution >= 4 is 28.6 Å². The van der Waals surface area contributed by atoms with Crippen LogP contribution in [-0.2, 0) is 0 Å². The molecule has 146 valence electrons. The molecule has 0 saturated carbocycles. The summed E-state index contributed by atoms with van der Waals surface area (Å²) in [6, 6.07) is 7.31. The van der Waals surface area contributed by atoms with Crippen molar-refractivity contribution in [2.75, 3.05) is 18.5 Å². The van der Waals surface area contributed by atoms with Gasteiger partial charge in [0.15, 0.2) is 5.82 Å². The molecule has 0 atom stereocenters. The van der Waals surface area contributed by atoms with Crippen LogP contribution in [0.15, 0.2) is 36.7 Å². The van der Waals surface area contributed by atoms with E-state index in [1.54, 1.807) is 12.3 Å². The summed E-state index contributed by atoms with van der Waals surface area (Å²) in [7, 11) is 0. The molecule has 3 aromatic heterocycles. The van der Waals surface area contributed by atoms with Gasteiger partial charge in [-0.15, -0.1) is 5.10 Å². The summed E-state index contributed by atoms with van der Waals surface area (Å²) in [6.45, 7) is 4.82. The van der Waals surface area contributed by atoms with Crippen LogP contribution < -0.4 is 10.6 Å². The third-order valence-electron chi connectivity index (χ3n) is 4.27. The molecule has 0 unspecified atom stereocenters. The number of hydrogen-bond donors (Lipinski definition) is 3. The zero-order valence-corrected chi connectivity index (χ0v) is 16.0. The molecule has 0 aliphatic heterocycles. The fraction of sp³-hybridized carbons (Fsp3) is 0.350. The summed E-state index contributed by atoms with van der Waals surface area (Å²) in [5.41, 5.74) is 2.84. The molecule has 3 N–H and O–H groups in total. The predicted molar refractivity (Wildman–Crippen MR) is 108 cm³/mol. The van der Waals surface area contributed by atoms with E-state index >= 15 is 0 Å². The molecule has 0 radical (unpaired) electrons. The van der Waals surface area contributed by atoms with Crippen LogP contribution >= 0.6 is 0 Å². The summed E-state index contributed by atoms with van der Waals surface area (Å²) in [5.74, 6) is 1.36. The Morgan fingerprint density at radius 3 is 2.75 bits per heavy atom. The highest BCUT2D eigenvalue weighted by atomic mass is 16.3. The number of rotatable bonds is 8. The number of nitrogens with zero attached hydrogens (tertiary/aromatic N) is 4. The number of aliphatic hydroxyl groups excluding tert-OH is 1. The van der Waals surface area contributed by atoms with E-state index < -0.39 is 0 Å². The number of amides is 1. The van der Waals surface area contributed by atoms with Gasteiger partial charge in [-0.25, -0.2) is 4.98 Å². The van der Waals surface area contributed by atoms with Crippen molar-refractivity contribution in [3.05, 3.63) is 47.8 Å². The summed E-state index contributed by atoms with van der Waals surface area (Å²) in [5, 5.41) is 22.9. The molecule has 3 heterocycles. The summed E-state index contributed by atoms with van der Waals surface area (Å²) >= 11 is 0. The molecule has 28 heavy (non-hydrogen) atoms. The van der Waals surface area contributed by atoms with E-state index in [0.717, 1.165) is 12.0 Å². The largest absolute Gasteiger partial charge is 0.396 e. The second-order valence-corrected chi connectivity index (χ2v) is 6.80. The van der Waals surface area contributed by atoms with E-state index in [0.29, 0.717) is 47.1 Å². The quantitative estimate of drug-likeness (QED) is 0.515. The van der Waals surface area contributed by atoms with Gasteiger partial charge in [0.2, 0.25) is 0 Å². The molecule has 8 nitrogen and oxygen atoms in total. The van der Waals surface area contributed by atoms with E-state index in [1.807, 2.05) is 18.2 Å². The molecule has 0 fully saturated rings. The maximum atomic E-state index is 12.3. The van der Waals surface area contributed by atoms with Crippen molar-refractivity contribution in [1.82, 2.24) is 25.5 Å². The van der Waals surface area contributed by atoms with Crippen LogP contribution in [0.2, 0.25) is 0 Å². The minimum absolute atomic E-state index is 0.123. The van der Waals surface area contributed by atoms with Crippen LogP contribution in [0.4, 0.5) is 11.6 Å². The highest BCUT2D eigenvalue weighted by molar-refractivity contribution is 5.96. The zero-order valence-electron chi connectivity index (χ0n) is 16.0. The first-order valence-electron chi connectivity index (χ1n) is 9.32. The van der Waals surface area contributed by atoms with Gasteiger partial charge in [-0.2, -0.15) is 5.10 Å². The van der Waals surface area contributed by atoms with Gasteiger partial charge < -0.3 is 15.7 Å². The Balaban J connectivity index is 1.76. The second kappa shape index (κ2) is 9.18. The number of aromatic nitrogens is 4. The van der Waals surface area contributed by atoms with Crippen molar-refractivity contribution in [1.29, 1.82) is 0 Å². The molecule has 0 bridgehead atoms. The molecule has 3 rings (SSSR count). The SMILES string of the molecule is CC(C)c1cnnc(Nc2ccc3ncc(C(=O)NCCCCO)cc3n2)c1. The fourth-order valence-electron chi connectivity index (χ4n) is 2.63. The fourth-order valence-corrected chi connectivity index (χ4v) is 2.63. The van der Waals surface area contributed by atoms with Crippen molar-refractivity contribution in [2.24, 2.45) is 0 Å². The predicted octanol–water partition coefficient (Wildman–Crippen LogP) is 2.79. The highest BCUT2D eigenvalue weighted by Gasteiger charge is 2.09. The van der Waals surface area contributed by atoms with Gasteiger partial charge in [0.25, 0.3) is 5.91 Å². The van der Waals surface area contributed by atoms with Crippen LogP contribution in [0, 0.1) is 0 Å². The van der Waals surface area contributed by atoms with Gasteiger partial charge in [0, 0.05) is 19.3 Å². The molecule has 3 aromatic rings. The maximum absolute atomic E-state index is 12.3. The molecule has 0 aliphatic rings. The summed E-state index contributed by atoms with van der Waals surface area (Å²) in [6.07, 6.45) is 4.68. The minimum Gasteiger partial charge on any atom is -0.396 e. The Labute approximate surface area is 163 Å². The molecule has 0 aromatic carbocycles. The van der Waals surface area contributed by atoms with Crippen molar-refractivity contribution in [3.8, 4) is 0 Å². The molecule has 1 amide bonds. The van der Waals surface area contributed by atoms with Gasteiger partial charge >= 0.3 is 0 Å². The third kappa shape index (κ3) is 4.98. The average Bonchev–Trinajstić information content (AvgIpc) is 2.70. The molecule has 0 saturated heterocycles. The molecule has 0 spiro atoms. The van der Waals surface area contributed by atoms with Gasteiger partial charge in [-0.3, -0.25) is 9.78 Å². The van der Waals surface area contributed by atoms with E-state index in [2.05, 4.69) is 44.6 Å². The maximum Gasteiger partial charge on any atom is 0.252 e. The topological polar surface area (TPSA) is 113 Å². The lowest BCUT2D eigenvalue weighted by Gasteiger charge is -2.09. The number of anilines is 2. The van der Waals surface area contributed by atoms with Crippen LogP contribution in [0.25, 0.3) is 11.0 Å². The normalized spacial score (nSPS) is 11.0. The summed E-state index contributed by atoms with van der Waals surface area (Å²) < 4.78 is 0. The van der Waals surface area contributed by atoms with Crippen LogP contribution in [0.1, 0.15) is 48.5 Å². The van der Waals surface area contributed by atoms with E-state index in [4.69, 9.17) is 5.11 Å². The Hall–Kier alpha value is -3.13. The van der Waals surface area contributed by atoms with Gasteiger partial charge in [0.05, 0.1) is 22.8 Å². The zero-order chi connectivity index (χ0) is 19.9. The number of nitrogens with one attached hydrogen (secondary N) is 2. The van der Waals surface area contributed by atoms with Crippen molar-refractivity contribution in [3.63, 3.8) is 0 Å². The number of fused-ring (bicyclic) bond motifs is 1. The lowest BCUT2D eigenvalue weighted by Crippen LogP contribution is -2.24. The average molecular weight is 380 g/mol. The number of pyridine rings is 2. The number of aliphatic hydroxyl groups is 1.